The van der Waals surface area contributed by atoms with E-state index in [0.29, 0.717) is 28.8 Å². The largest absolute Gasteiger partial charge is 0.418 e. The van der Waals surface area contributed by atoms with Gasteiger partial charge in [-0.3, -0.25) is 0 Å². The van der Waals surface area contributed by atoms with Crippen LogP contribution in [0.25, 0.3) is 5.57 Å². The number of nitrogens with one attached hydrogen (secondary N) is 1. The second-order valence-corrected chi connectivity index (χ2v) is 5.21. The zero-order valence-corrected chi connectivity index (χ0v) is 11.3. The first kappa shape index (κ1) is 15.4. The molecule has 1 aromatic rings. The summed E-state index contributed by atoms with van der Waals surface area (Å²) in [6.07, 6.45) is -4.57. The molecule has 0 bridgehead atoms. The third kappa shape index (κ3) is 3.03. The summed E-state index contributed by atoms with van der Waals surface area (Å²) < 4.78 is 39.0. The molecule has 2 rings (SSSR count). The van der Waals surface area contributed by atoms with Gasteiger partial charge in [-0.1, -0.05) is 6.58 Å². The number of allylic oxidation sites excluding steroid dienone is 1. The molecule has 112 valence electrons. The highest BCUT2D eigenvalue weighted by Crippen LogP contribution is 2.38. The van der Waals surface area contributed by atoms with Crippen LogP contribution in [-0.4, -0.2) is 23.4 Å². The summed E-state index contributed by atoms with van der Waals surface area (Å²) in [5.41, 5.74) is -0.616. The Bertz CT molecular complexity index is 604. The first-order valence-corrected chi connectivity index (χ1v) is 6.52. The SMILES string of the molecule is C=C1CCCC(O)(C(F)(F)F)CNc2ccc(C#N)cc21. The minimum absolute atomic E-state index is 0.173. The van der Waals surface area contributed by atoms with E-state index in [0.717, 1.165) is 0 Å². The lowest BCUT2D eigenvalue weighted by Crippen LogP contribution is -2.50. The molecule has 0 aromatic heterocycles. The molecule has 0 radical (unpaired) electrons. The number of alkyl halides is 3. The molecule has 1 unspecified atom stereocenters. The van der Waals surface area contributed by atoms with E-state index in [-0.39, 0.29) is 12.8 Å². The molecule has 0 fully saturated rings. The van der Waals surface area contributed by atoms with Crippen molar-refractivity contribution >= 4 is 11.3 Å². The zero-order chi connectivity index (χ0) is 15.7. The van der Waals surface area contributed by atoms with Gasteiger partial charge in [0.1, 0.15) is 0 Å². The van der Waals surface area contributed by atoms with Crippen molar-refractivity contribution in [3.63, 3.8) is 0 Å². The lowest BCUT2D eigenvalue weighted by molar-refractivity contribution is -0.256. The number of benzene rings is 1. The van der Waals surface area contributed by atoms with E-state index in [9.17, 15) is 18.3 Å². The molecule has 0 spiro atoms. The predicted molar refractivity (Wildman–Crippen MR) is 73.5 cm³/mol. The second kappa shape index (κ2) is 5.41. The van der Waals surface area contributed by atoms with Crippen molar-refractivity contribution in [2.45, 2.75) is 31.0 Å². The van der Waals surface area contributed by atoms with Crippen LogP contribution in [-0.2, 0) is 0 Å². The number of hydrogen-bond acceptors (Lipinski definition) is 3. The third-order valence-corrected chi connectivity index (χ3v) is 3.70. The highest BCUT2D eigenvalue weighted by molar-refractivity contribution is 5.76. The van der Waals surface area contributed by atoms with Crippen molar-refractivity contribution in [1.82, 2.24) is 0 Å². The maximum Gasteiger partial charge on any atom is 0.418 e. The van der Waals surface area contributed by atoms with Crippen LogP contribution in [0, 0.1) is 11.3 Å². The number of nitriles is 1. The number of aliphatic hydroxyl groups is 1. The Balaban J connectivity index is 2.39. The van der Waals surface area contributed by atoms with E-state index in [1.54, 1.807) is 12.1 Å². The van der Waals surface area contributed by atoms with Gasteiger partial charge in [0.2, 0.25) is 0 Å². The van der Waals surface area contributed by atoms with Crippen molar-refractivity contribution < 1.29 is 18.3 Å². The minimum Gasteiger partial charge on any atom is -0.381 e. The Kier molecular flexibility index (Phi) is 3.97. The number of halogens is 3. The molecule has 21 heavy (non-hydrogen) atoms. The first-order chi connectivity index (χ1) is 9.77. The Morgan fingerprint density at radius 3 is 2.71 bits per heavy atom. The number of fused-ring (bicyclic) bond motifs is 1. The molecular weight excluding hydrogens is 281 g/mol. The van der Waals surface area contributed by atoms with Crippen LogP contribution < -0.4 is 5.32 Å². The second-order valence-electron chi connectivity index (χ2n) is 5.21. The molecule has 6 heteroatoms. The van der Waals surface area contributed by atoms with Gasteiger partial charge in [-0.25, -0.2) is 0 Å². The van der Waals surface area contributed by atoms with Crippen molar-refractivity contribution in [3.8, 4) is 6.07 Å². The van der Waals surface area contributed by atoms with Crippen LogP contribution in [0.2, 0.25) is 0 Å². The molecule has 2 N–H and O–H groups in total. The van der Waals surface area contributed by atoms with Crippen LogP contribution in [0.3, 0.4) is 0 Å². The summed E-state index contributed by atoms with van der Waals surface area (Å²) in [6.45, 7) is 3.25. The number of β-amino-alcohol motifs (C(OH)–C–C–N with tert-alkyl or cyclic N) is 1. The average Bonchev–Trinajstić information content (AvgIpc) is 2.48. The van der Waals surface area contributed by atoms with E-state index in [1.807, 2.05) is 6.07 Å². The Hall–Kier alpha value is -2.00. The average molecular weight is 296 g/mol. The standard InChI is InChI=1S/C15H15F3N2O/c1-10-3-2-6-14(21,15(16,17)18)9-20-13-5-4-11(8-19)7-12(10)13/h4-5,7,20-21H,1-3,6,9H2. The predicted octanol–water partition coefficient (Wildman–Crippen LogP) is 3.46. The van der Waals surface area contributed by atoms with Gasteiger partial charge in [-0.15, -0.1) is 0 Å². The molecule has 0 saturated heterocycles. The van der Waals surface area contributed by atoms with E-state index in [1.165, 1.54) is 6.07 Å². The summed E-state index contributed by atoms with van der Waals surface area (Å²) in [4.78, 5) is 0. The van der Waals surface area contributed by atoms with Crippen LogP contribution in [0.5, 0.6) is 0 Å². The summed E-state index contributed by atoms with van der Waals surface area (Å²) in [5, 5.41) is 21.4. The lowest BCUT2D eigenvalue weighted by Gasteiger charge is -2.30. The Morgan fingerprint density at radius 2 is 2.10 bits per heavy atom. The fourth-order valence-electron chi connectivity index (χ4n) is 2.36. The molecule has 1 aliphatic rings. The van der Waals surface area contributed by atoms with Crippen molar-refractivity contribution in [3.05, 3.63) is 35.9 Å². The fraction of sp³-hybridized carbons (Fsp3) is 0.400. The summed E-state index contributed by atoms with van der Waals surface area (Å²) >= 11 is 0. The molecule has 1 aromatic carbocycles. The van der Waals surface area contributed by atoms with E-state index in [4.69, 9.17) is 5.26 Å². The van der Waals surface area contributed by atoms with Crippen LogP contribution >= 0.6 is 0 Å². The molecule has 0 amide bonds. The molecule has 1 atom stereocenters. The maximum atomic E-state index is 13.0. The van der Waals surface area contributed by atoms with Gasteiger partial charge in [0, 0.05) is 11.3 Å². The summed E-state index contributed by atoms with van der Waals surface area (Å²) in [6, 6.07) is 6.65. The van der Waals surface area contributed by atoms with Gasteiger partial charge in [0.05, 0.1) is 18.2 Å². The summed E-state index contributed by atoms with van der Waals surface area (Å²) in [7, 11) is 0. The molecule has 0 aliphatic carbocycles. The van der Waals surface area contributed by atoms with E-state index < -0.39 is 18.3 Å². The quantitative estimate of drug-likeness (QED) is 0.771. The zero-order valence-electron chi connectivity index (χ0n) is 11.3. The van der Waals surface area contributed by atoms with E-state index in [2.05, 4.69) is 11.9 Å². The minimum atomic E-state index is -4.70. The van der Waals surface area contributed by atoms with Crippen LogP contribution in [0.15, 0.2) is 24.8 Å². The number of rotatable bonds is 0. The Morgan fingerprint density at radius 1 is 1.38 bits per heavy atom. The fourth-order valence-corrected chi connectivity index (χ4v) is 2.36. The van der Waals surface area contributed by atoms with Gasteiger partial charge in [0.25, 0.3) is 0 Å². The topological polar surface area (TPSA) is 56.0 Å². The summed E-state index contributed by atoms with van der Waals surface area (Å²) in [5.74, 6) is 0. The van der Waals surface area contributed by atoms with E-state index >= 15 is 0 Å². The van der Waals surface area contributed by atoms with Crippen LogP contribution in [0.1, 0.15) is 30.4 Å². The molecular formula is C15H15F3N2O. The normalized spacial score (nSPS) is 23.1. The van der Waals surface area contributed by atoms with Crippen molar-refractivity contribution in [2.75, 3.05) is 11.9 Å². The van der Waals surface area contributed by atoms with Crippen molar-refractivity contribution in [1.29, 1.82) is 5.26 Å². The molecule has 3 nitrogen and oxygen atoms in total. The van der Waals surface area contributed by atoms with Gasteiger partial charge < -0.3 is 10.4 Å². The number of nitrogens with zero attached hydrogens (tertiary/aromatic N) is 1. The maximum absolute atomic E-state index is 13.0. The van der Waals surface area contributed by atoms with Gasteiger partial charge >= 0.3 is 6.18 Å². The number of hydrogen-bond donors (Lipinski definition) is 2. The smallest absolute Gasteiger partial charge is 0.381 e. The van der Waals surface area contributed by atoms with Crippen LogP contribution in [0.4, 0.5) is 18.9 Å². The Labute approximate surface area is 120 Å². The van der Waals surface area contributed by atoms with Crippen molar-refractivity contribution in [2.24, 2.45) is 0 Å². The molecule has 0 saturated carbocycles. The highest BCUT2D eigenvalue weighted by Gasteiger charge is 2.53. The van der Waals surface area contributed by atoms with Gasteiger partial charge in [0.15, 0.2) is 5.60 Å². The molecule has 1 heterocycles. The van der Waals surface area contributed by atoms with Gasteiger partial charge in [-0.05, 0) is 43.0 Å². The third-order valence-electron chi connectivity index (χ3n) is 3.70. The first-order valence-electron chi connectivity index (χ1n) is 6.52. The monoisotopic (exact) mass is 296 g/mol. The molecule has 1 aliphatic heterocycles. The van der Waals surface area contributed by atoms with Gasteiger partial charge in [-0.2, -0.15) is 18.4 Å². The number of anilines is 1. The highest BCUT2D eigenvalue weighted by atomic mass is 19.4. The lowest BCUT2D eigenvalue weighted by atomic mass is 9.94.